The molecule has 21 heavy (non-hydrogen) atoms. The summed E-state index contributed by atoms with van der Waals surface area (Å²) < 4.78 is 9.96. The van der Waals surface area contributed by atoms with E-state index in [1.165, 1.54) is 37.7 Å². The molecule has 0 aromatic heterocycles. The third kappa shape index (κ3) is 6.29. The van der Waals surface area contributed by atoms with Crippen LogP contribution in [0.5, 0.6) is 0 Å². The third-order valence-corrected chi connectivity index (χ3v) is 3.62. The van der Waals surface area contributed by atoms with Gasteiger partial charge in [0.25, 0.3) is 0 Å². The molecule has 0 aliphatic carbocycles. The van der Waals surface area contributed by atoms with Crippen LogP contribution >= 0.6 is 0 Å². The molecule has 0 aromatic rings. The number of methoxy groups -OCH3 is 1. The van der Waals surface area contributed by atoms with Gasteiger partial charge in [0.15, 0.2) is 6.04 Å². The Morgan fingerprint density at radius 1 is 1.29 bits per heavy atom. The normalized spacial score (nSPS) is 19.0. The average molecular weight is 297 g/mol. The largest absolute Gasteiger partial charge is 0.467 e. The van der Waals surface area contributed by atoms with E-state index < -0.39 is 12.0 Å². The molecule has 0 spiro atoms. The molecule has 120 valence electrons. The molecule has 0 bridgehead atoms. The van der Waals surface area contributed by atoms with E-state index in [2.05, 4.69) is 6.92 Å². The lowest BCUT2D eigenvalue weighted by Crippen LogP contribution is -2.52. The van der Waals surface area contributed by atoms with Crippen molar-refractivity contribution in [1.29, 1.82) is 0 Å². The van der Waals surface area contributed by atoms with Crippen molar-refractivity contribution in [3.8, 4) is 0 Å². The summed E-state index contributed by atoms with van der Waals surface area (Å²) in [5.74, 6) is -0.557. The lowest BCUT2D eigenvalue weighted by molar-refractivity contribution is -0.158. The standard InChI is InChI=1S/C16H27NO4/c1-3-4-5-6-7-8-9-10-15(18)17-11-12-21-13-14(17)16(19)20-2/h9-10,14H,3-8,11-13H2,1-2H3. The molecule has 1 atom stereocenters. The molecule has 1 saturated heterocycles. The van der Waals surface area contributed by atoms with Gasteiger partial charge in [-0.2, -0.15) is 0 Å². The maximum absolute atomic E-state index is 12.1. The van der Waals surface area contributed by atoms with Crippen LogP contribution < -0.4 is 0 Å². The highest BCUT2D eigenvalue weighted by Gasteiger charge is 2.32. The molecule has 0 saturated carbocycles. The molecule has 1 rings (SSSR count). The summed E-state index contributed by atoms with van der Waals surface area (Å²) in [6, 6.07) is -0.620. The number of ether oxygens (including phenoxy) is 2. The van der Waals surface area contributed by atoms with E-state index in [-0.39, 0.29) is 12.5 Å². The van der Waals surface area contributed by atoms with E-state index in [9.17, 15) is 9.59 Å². The van der Waals surface area contributed by atoms with Crippen molar-refractivity contribution in [2.75, 3.05) is 26.9 Å². The highest BCUT2D eigenvalue weighted by molar-refractivity contribution is 5.91. The van der Waals surface area contributed by atoms with Gasteiger partial charge in [-0.05, 0) is 18.9 Å². The maximum atomic E-state index is 12.1. The minimum absolute atomic E-state index is 0.137. The molecule has 1 aliphatic heterocycles. The van der Waals surface area contributed by atoms with E-state index in [0.29, 0.717) is 13.2 Å². The second-order valence-corrected chi connectivity index (χ2v) is 5.25. The van der Waals surface area contributed by atoms with Crippen LogP contribution in [-0.4, -0.2) is 49.7 Å². The molecule has 0 N–H and O–H groups in total. The van der Waals surface area contributed by atoms with Crippen molar-refractivity contribution >= 4 is 11.9 Å². The number of amides is 1. The fourth-order valence-corrected chi connectivity index (χ4v) is 2.34. The van der Waals surface area contributed by atoms with Gasteiger partial charge in [-0.3, -0.25) is 4.79 Å². The zero-order chi connectivity index (χ0) is 15.5. The van der Waals surface area contributed by atoms with Crippen molar-refractivity contribution in [2.24, 2.45) is 0 Å². The third-order valence-electron chi connectivity index (χ3n) is 3.62. The Hall–Kier alpha value is -1.36. The van der Waals surface area contributed by atoms with Crippen LogP contribution in [0.1, 0.15) is 45.4 Å². The number of unbranched alkanes of at least 4 members (excludes halogenated alkanes) is 5. The number of esters is 1. The minimum Gasteiger partial charge on any atom is -0.467 e. The summed E-state index contributed by atoms with van der Waals surface area (Å²) in [5, 5.41) is 0. The summed E-state index contributed by atoms with van der Waals surface area (Å²) in [4.78, 5) is 25.3. The van der Waals surface area contributed by atoms with Gasteiger partial charge in [0.1, 0.15) is 0 Å². The predicted octanol–water partition coefficient (Wildman–Crippen LogP) is 2.30. The SMILES string of the molecule is CCCCCCCC=CC(=O)N1CCOCC1C(=O)OC. The van der Waals surface area contributed by atoms with E-state index in [4.69, 9.17) is 9.47 Å². The van der Waals surface area contributed by atoms with Crippen molar-refractivity contribution in [1.82, 2.24) is 4.90 Å². The number of hydrogen-bond donors (Lipinski definition) is 0. The fourth-order valence-electron chi connectivity index (χ4n) is 2.34. The summed E-state index contributed by atoms with van der Waals surface area (Å²) in [6.45, 7) is 3.30. The van der Waals surface area contributed by atoms with E-state index >= 15 is 0 Å². The summed E-state index contributed by atoms with van der Waals surface area (Å²) in [6.07, 6.45) is 10.5. The van der Waals surface area contributed by atoms with Crippen LogP contribution in [0.4, 0.5) is 0 Å². The van der Waals surface area contributed by atoms with E-state index in [1.54, 1.807) is 6.08 Å². The topological polar surface area (TPSA) is 55.8 Å². The van der Waals surface area contributed by atoms with Crippen LogP contribution in [-0.2, 0) is 19.1 Å². The van der Waals surface area contributed by atoms with Gasteiger partial charge in [0, 0.05) is 6.54 Å². The van der Waals surface area contributed by atoms with Crippen LogP contribution in [0.2, 0.25) is 0 Å². The smallest absolute Gasteiger partial charge is 0.331 e. The highest BCUT2D eigenvalue weighted by Crippen LogP contribution is 2.10. The van der Waals surface area contributed by atoms with Crippen LogP contribution in [0.3, 0.4) is 0 Å². The molecule has 5 nitrogen and oxygen atoms in total. The molecule has 0 radical (unpaired) electrons. The Kier molecular flexibility index (Phi) is 8.74. The van der Waals surface area contributed by atoms with Crippen LogP contribution in [0, 0.1) is 0 Å². The van der Waals surface area contributed by atoms with Gasteiger partial charge in [-0.1, -0.05) is 38.7 Å². The highest BCUT2D eigenvalue weighted by atomic mass is 16.5. The summed E-state index contributed by atoms with van der Waals surface area (Å²) >= 11 is 0. The van der Waals surface area contributed by atoms with Crippen molar-refractivity contribution in [3.05, 3.63) is 12.2 Å². The molecule has 1 aliphatic rings. The Morgan fingerprint density at radius 2 is 2.05 bits per heavy atom. The fraction of sp³-hybridized carbons (Fsp3) is 0.750. The number of carbonyl (C=O) groups excluding carboxylic acids is 2. The quantitative estimate of drug-likeness (QED) is 0.392. The van der Waals surface area contributed by atoms with Gasteiger partial charge in [0.2, 0.25) is 5.91 Å². The minimum atomic E-state index is -0.620. The van der Waals surface area contributed by atoms with Gasteiger partial charge in [0.05, 0.1) is 20.3 Å². The van der Waals surface area contributed by atoms with Gasteiger partial charge < -0.3 is 14.4 Å². The van der Waals surface area contributed by atoms with Gasteiger partial charge >= 0.3 is 5.97 Å². The van der Waals surface area contributed by atoms with Gasteiger partial charge in [-0.25, -0.2) is 4.79 Å². The number of nitrogens with zero attached hydrogens (tertiary/aromatic N) is 1. The molecule has 1 heterocycles. The Labute approximate surface area is 127 Å². The lowest BCUT2D eigenvalue weighted by Gasteiger charge is -2.32. The zero-order valence-corrected chi connectivity index (χ0v) is 13.2. The van der Waals surface area contributed by atoms with Crippen molar-refractivity contribution < 1.29 is 19.1 Å². The van der Waals surface area contributed by atoms with E-state index in [1.807, 2.05) is 6.08 Å². The molecular weight excluding hydrogens is 270 g/mol. The second kappa shape index (κ2) is 10.4. The number of rotatable bonds is 8. The molecule has 1 unspecified atom stereocenters. The Balaban J connectivity index is 2.36. The second-order valence-electron chi connectivity index (χ2n) is 5.25. The Bertz CT molecular complexity index is 354. The summed E-state index contributed by atoms with van der Waals surface area (Å²) in [7, 11) is 1.33. The first-order valence-electron chi connectivity index (χ1n) is 7.83. The van der Waals surface area contributed by atoms with E-state index in [0.717, 1.165) is 12.8 Å². The predicted molar refractivity (Wildman–Crippen MR) is 80.9 cm³/mol. The van der Waals surface area contributed by atoms with Crippen LogP contribution in [0.15, 0.2) is 12.2 Å². The van der Waals surface area contributed by atoms with Crippen molar-refractivity contribution in [2.45, 2.75) is 51.5 Å². The Morgan fingerprint density at radius 3 is 2.76 bits per heavy atom. The zero-order valence-electron chi connectivity index (χ0n) is 13.2. The lowest BCUT2D eigenvalue weighted by atomic mass is 10.1. The first-order valence-corrected chi connectivity index (χ1v) is 7.83. The maximum Gasteiger partial charge on any atom is 0.331 e. The monoisotopic (exact) mass is 297 g/mol. The molecule has 5 heteroatoms. The summed E-state index contributed by atoms with van der Waals surface area (Å²) in [5.41, 5.74) is 0. The molecule has 0 aromatic carbocycles. The van der Waals surface area contributed by atoms with Gasteiger partial charge in [-0.15, -0.1) is 0 Å². The number of carbonyl (C=O) groups is 2. The molecule has 1 fully saturated rings. The number of hydrogen-bond acceptors (Lipinski definition) is 4. The van der Waals surface area contributed by atoms with Crippen molar-refractivity contribution in [3.63, 3.8) is 0 Å². The average Bonchev–Trinajstić information content (AvgIpc) is 2.53. The molecular formula is C16H27NO4. The molecule has 1 amide bonds. The first kappa shape index (κ1) is 17.7. The van der Waals surface area contributed by atoms with Crippen LogP contribution in [0.25, 0.3) is 0 Å². The first-order chi connectivity index (χ1) is 10.2. The number of morpholine rings is 1. The number of allylic oxidation sites excluding steroid dienone is 1.